The summed E-state index contributed by atoms with van der Waals surface area (Å²) in [6.45, 7) is 7.91. The Kier molecular flexibility index (Phi) is 7.36. The van der Waals surface area contributed by atoms with Crippen molar-refractivity contribution in [2.24, 2.45) is 0 Å². The second-order valence-corrected chi connectivity index (χ2v) is 6.88. The molecule has 0 atom stereocenters. The zero-order valence-electron chi connectivity index (χ0n) is 17.1. The lowest BCUT2D eigenvalue weighted by Gasteiger charge is -2.18. The van der Waals surface area contributed by atoms with Gasteiger partial charge in [-0.25, -0.2) is 4.68 Å². The molecule has 0 radical (unpaired) electrons. The maximum absolute atomic E-state index is 12.1. The highest BCUT2D eigenvalue weighted by atomic mass is 16.1. The lowest BCUT2D eigenvalue weighted by Crippen LogP contribution is -2.22. The molecule has 0 saturated carbocycles. The third kappa shape index (κ3) is 6.16. The minimum Gasteiger partial charge on any atom is -0.348 e. The molecule has 2 aromatic carbocycles. The number of amides is 1. The average Bonchev–Trinajstić information content (AvgIpc) is 3.25. The van der Waals surface area contributed by atoms with Crippen LogP contribution in [0.2, 0.25) is 0 Å². The van der Waals surface area contributed by atoms with Crippen LogP contribution >= 0.6 is 0 Å². The summed E-state index contributed by atoms with van der Waals surface area (Å²) in [6.07, 6.45) is 6.95. The molecule has 3 aromatic rings. The molecule has 0 saturated heterocycles. The molecule has 0 aliphatic rings. The highest BCUT2D eigenvalue weighted by Crippen LogP contribution is 2.09. The maximum Gasteiger partial charge on any atom is 0.244 e. The van der Waals surface area contributed by atoms with E-state index >= 15 is 0 Å². The summed E-state index contributed by atoms with van der Waals surface area (Å²) in [4.78, 5) is 14.5. The predicted octanol–water partition coefficient (Wildman–Crippen LogP) is 4.04. The number of carbonyl (C=O) groups is 1. The molecule has 150 valence electrons. The number of benzene rings is 2. The molecule has 1 N–H and O–H groups in total. The quantitative estimate of drug-likeness (QED) is 0.563. The predicted molar refractivity (Wildman–Crippen MR) is 118 cm³/mol. The van der Waals surface area contributed by atoms with E-state index in [2.05, 4.69) is 53.4 Å². The van der Waals surface area contributed by atoms with Crippen molar-refractivity contribution >= 4 is 12.0 Å². The molecular weight excluding hydrogens is 360 g/mol. The van der Waals surface area contributed by atoms with Crippen LogP contribution in [0.1, 0.15) is 30.5 Å². The fraction of sp³-hybridized carbons (Fsp3) is 0.250. The van der Waals surface area contributed by atoms with E-state index in [0.29, 0.717) is 6.54 Å². The van der Waals surface area contributed by atoms with Crippen molar-refractivity contribution in [1.29, 1.82) is 0 Å². The Balaban J connectivity index is 1.49. The first-order valence-corrected chi connectivity index (χ1v) is 10.0. The summed E-state index contributed by atoms with van der Waals surface area (Å²) < 4.78 is 1.79. The Morgan fingerprint density at radius 1 is 1.03 bits per heavy atom. The summed E-state index contributed by atoms with van der Waals surface area (Å²) in [5.74, 6) is -0.121. The van der Waals surface area contributed by atoms with Gasteiger partial charge in [0.2, 0.25) is 5.91 Å². The molecule has 1 amide bonds. The number of nitrogens with one attached hydrogen (secondary N) is 1. The van der Waals surface area contributed by atoms with E-state index in [1.54, 1.807) is 23.0 Å². The minimum absolute atomic E-state index is 0.121. The van der Waals surface area contributed by atoms with E-state index in [4.69, 9.17) is 0 Å². The maximum atomic E-state index is 12.1. The second kappa shape index (κ2) is 10.4. The van der Waals surface area contributed by atoms with Crippen LogP contribution in [-0.2, 0) is 17.9 Å². The molecule has 1 aromatic heterocycles. The fourth-order valence-electron chi connectivity index (χ4n) is 3.03. The van der Waals surface area contributed by atoms with Crippen LogP contribution in [0.3, 0.4) is 0 Å². The van der Waals surface area contributed by atoms with E-state index in [1.165, 1.54) is 5.56 Å². The Labute approximate surface area is 172 Å². The molecule has 0 fully saturated rings. The Hall–Kier alpha value is -3.18. The number of hydrogen-bond acceptors (Lipinski definition) is 3. The van der Waals surface area contributed by atoms with Crippen LogP contribution in [0.4, 0.5) is 0 Å². The van der Waals surface area contributed by atoms with Gasteiger partial charge in [0, 0.05) is 30.9 Å². The van der Waals surface area contributed by atoms with Crippen molar-refractivity contribution in [3.63, 3.8) is 0 Å². The highest BCUT2D eigenvalue weighted by Gasteiger charge is 2.03. The fourth-order valence-corrected chi connectivity index (χ4v) is 3.03. The molecule has 5 heteroatoms. The van der Waals surface area contributed by atoms with Gasteiger partial charge in [-0.2, -0.15) is 5.10 Å². The van der Waals surface area contributed by atoms with Crippen LogP contribution < -0.4 is 5.32 Å². The number of aromatic nitrogens is 2. The monoisotopic (exact) mass is 388 g/mol. The SMILES string of the molecule is CCN(CC)Cc1ccc(CNC(=O)/C=C/c2cnn(-c3ccccc3)c2)cc1. The normalized spacial score (nSPS) is 11.3. The van der Waals surface area contributed by atoms with Gasteiger partial charge in [-0.15, -0.1) is 0 Å². The minimum atomic E-state index is -0.121. The number of nitrogens with zero attached hydrogens (tertiary/aromatic N) is 3. The van der Waals surface area contributed by atoms with Gasteiger partial charge in [0.05, 0.1) is 11.9 Å². The van der Waals surface area contributed by atoms with Crippen LogP contribution in [-0.4, -0.2) is 33.7 Å². The van der Waals surface area contributed by atoms with Crippen molar-refractivity contribution in [1.82, 2.24) is 20.0 Å². The number of carbonyl (C=O) groups excluding carboxylic acids is 1. The summed E-state index contributed by atoms with van der Waals surface area (Å²) in [5, 5.41) is 7.26. The highest BCUT2D eigenvalue weighted by molar-refractivity contribution is 5.91. The third-order valence-corrected chi connectivity index (χ3v) is 4.84. The number of para-hydroxylation sites is 1. The molecule has 5 nitrogen and oxygen atoms in total. The van der Waals surface area contributed by atoms with Gasteiger partial charge in [0.15, 0.2) is 0 Å². The molecule has 3 rings (SSSR count). The molecule has 1 heterocycles. The van der Waals surface area contributed by atoms with Crippen molar-refractivity contribution in [3.05, 3.63) is 89.8 Å². The van der Waals surface area contributed by atoms with Gasteiger partial charge < -0.3 is 5.32 Å². The first kappa shape index (κ1) is 20.6. The Bertz CT molecular complexity index is 925. The Morgan fingerprint density at radius 3 is 2.41 bits per heavy atom. The lowest BCUT2D eigenvalue weighted by atomic mass is 10.1. The molecule has 0 aliphatic heterocycles. The van der Waals surface area contributed by atoms with Crippen molar-refractivity contribution in [3.8, 4) is 5.69 Å². The first-order valence-electron chi connectivity index (χ1n) is 10.0. The van der Waals surface area contributed by atoms with Gasteiger partial charge in [0.25, 0.3) is 0 Å². The van der Waals surface area contributed by atoms with Crippen LogP contribution in [0.15, 0.2) is 73.1 Å². The van der Waals surface area contributed by atoms with Gasteiger partial charge in [-0.3, -0.25) is 9.69 Å². The average molecular weight is 389 g/mol. The second-order valence-electron chi connectivity index (χ2n) is 6.88. The number of hydrogen-bond donors (Lipinski definition) is 1. The standard InChI is InChI=1S/C24H28N4O/c1-3-27(4-2)18-21-12-10-20(11-13-21)16-25-24(29)15-14-22-17-26-28(19-22)23-8-6-5-7-9-23/h5-15,17,19H,3-4,16,18H2,1-2H3,(H,25,29)/b15-14+. The smallest absolute Gasteiger partial charge is 0.244 e. The summed E-state index contributed by atoms with van der Waals surface area (Å²) in [5.41, 5.74) is 4.25. The topological polar surface area (TPSA) is 50.2 Å². The van der Waals surface area contributed by atoms with E-state index in [-0.39, 0.29) is 5.91 Å². The summed E-state index contributed by atoms with van der Waals surface area (Å²) in [7, 11) is 0. The van der Waals surface area contributed by atoms with E-state index in [9.17, 15) is 4.79 Å². The molecule has 0 aliphatic carbocycles. The molecule has 0 unspecified atom stereocenters. The van der Waals surface area contributed by atoms with Gasteiger partial charge in [-0.05, 0) is 42.4 Å². The van der Waals surface area contributed by atoms with Crippen molar-refractivity contribution in [2.75, 3.05) is 13.1 Å². The zero-order chi connectivity index (χ0) is 20.5. The van der Waals surface area contributed by atoms with Crippen molar-refractivity contribution in [2.45, 2.75) is 26.9 Å². The van der Waals surface area contributed by atoms with Crippen LogP contribution in [0.25, 0.3) is 11.8 Å². The molecule has 0 spiro atoms. The van der Waals surface area contributed by atoms with E-state index in [0.717, 1.165) is 36.4 Å². The van der Waals surface area contributed by atoms with Gasteiger partial charge in [-0.1, -0.05) is 56.3 Å². The van der Waals surface area contributed by atoms with Crippen LogP contribution in [0.5, 0.6) is 0 Å². The zero-order valence-corrected chi connectivity index (χ0v) is 17.1. The third-order valence-electron chi connectivity index (χ3n) is 4.84. The van der Waals surface area contributed by atoms with Gasteiger partial charge in [0.1, 0.15) is 0 Å². The first-order chi connectivity index (χ1) is 14.2. The summed E-state index contributed by atoms with van der Waals surface area (Å²) >= 11 is 0. The van der Waals surface area contributed by atoms with E-state index < -0.39 is 0 Å². The summed E-state index contributed by atoms with van der Waals surface area (Å²) in [6, 6.07) is 18.3. The molecule has 29 heavy (non-hydrogen) atoms. The molecular formula is C24H28N4O. The van der Waals surface area contributed by atoms with Crippen LogP contribution in [0, 0.1) is 0 Å². The number of rotatable bonds is 9. The van der Waals surface area contributed by atoms with Crippen molar-refractivity contribution < 1.29 is 4.79 Å². The largest absolute Gasteiger partial charge is 0.348 e. The van der Waals surface area contributed by atoms with E-state index in [1.807, 2.05) is 36.5 Å². The van der Waals surface area contributed by atoms with Gasteiger partial charge >= 0.3 is 0 Å². The Morgan fingerprint density at radius 2 is 1.72 bits per heavy atom. The molecule has 0 bridgehead atoms. The lowest BCUT2D eigenvalue weighted by molar-refractivity contribution is -0.116.